The maximum Gasteiger partial charge on any atom is 0.180 e. The molecular weight excluding hydrogens is 376 g/mol. The van der Waals surface area contributed by atoms with Crippen molar-refractivity contribution in [2.45, 2.75) is 79.1 Å². The summed E-state index contributed by atoms with van der Waals surface area (Å²) in [7, 11) is 0. The Labute approximate surface area is 180 Å². The van der Waals surface area contributed by atoms with E-state index in [2.05, 4.69) is 27.7 Å². The Kier molecular flexibility index (Phi) is 8.53. The molecule has 0 saturated heterocycles. The Morgan fingerprint density at radius 1 is 0.700 bits per heavy atom. The first kappa shape index (κ1) is 22.6. The van der Waals surface area contributed by atoms with Crippen LogP contribution in [0, 0.1) is 11.8 Å². The highest BCUT2D eigenvalue weighted by atomic mass is 16.5. The summed E-state index contributed by atoms with van der Waals surface area (Å²) in [5.41, 5.74) is 1.51. The lowest BCUT2D eigenvalue weighted by Gasteiger charge is -2.18. The summed E-state index contributed by atoms with van der Waals surface area (Å²) >= 11 is 0. The van der Waals surface area contributed by atoms with Gasteiger partial charge >= 0.3 is 0 Å². The molecule has 0 amide bonds. The molecule has 0 radical (unpaired) electrons. The van der Waals surface area contributed by atoms with Gasteiger partial charge < -0.3 is 18.3 Å². The molecule has 4 heteroatoms. The first-order valence-electron chi connectivity index (χ1n) is 11.9. The van der Waals surface area contributed by atoms with Gasteiger partial charge in [-0.15, -0.1) is 0 Å². The van der Waals surface area contributed by atoms with Crippen LogP contribution < -0.4 is 9.47 Å². The van der Waals surface area contributed by atoms with Crippen molar-refractivity contribution >= 4 is 21.9 Å². The van der Waals surface area contributed by atoms with Crippen LogP contribution in [0.15, 0.2) is 33.5 Å². The fourth-order valence-electron chi connectivity index (χ4n) is 4.06. The van der Waals surface area contributed by atoms with E-state index in [0.717, 1.165) is 46.3 Å². The van der Waals surface area contributed by atoms with E-state index >= 15 is 0 Å². The zero-order chi connectivity index (χ0) is 21.3. The molecular formula is C26H38O4. The van der Waals surface area contributed by atoms with E-state index in [9.17, 15) is 0 Å². The summed E-state index contributed by atoms with van der Waals surface area (Å²) in [5.74, 6) is 2.66. The lowest BCUT2D eigenvalue weighted by molar-refractivity contribution is 0.231. The van der Waals surface area contributed by atoms with Gasteiger partial charge in [0, 0.05) is 0 Å². The van der Waals surface area contributed by atoms with Crippen LogP contribution in [-0.4, -0.2) is 13.2 Å². The Bertz CT molecular complexity index is 770. The standard InChI is InChI=1S/C26H38O4/c1-5-9-11-19(7-3)17-29-25-21-13-15-28-24(21)26(22-14-16-27-23(22)25)30-18-20(8-4)12-10-6-2/h13-16,19-20H,5-12,17-18H2,1-4H3. The molecule has 2 atom stereocenters. The fraction of sp³-hybridized carbons (Fsp3) is 0.615. The van der Waals surface area contributed by atoms with Gasteiger partial charge in [0.15, 0.2) is 22.7 Å². The van der Waals surface area contributed by atoms with Crippen LogP contribution in [0.5, 0.6) is 11.5 Å². The number of unbranched alkanes of at least 4 members (excludes halogenated alkanes) is 2. The molecule has 0 bridgehead atoms. The molecule has 0 spiro atoms. The van der Waals surface area contributed by atoms with Gasteiger partial charge in [-0.3, -0.25) is 0 Å². The molecule has 3 aromatic rings. The summed E-state index contributed by atoms with van der Waals surface area (Å²) in [6.45, 7) is 10.3. The second-order valence-corrected chi connectivity index (χ2v) is 8.44. The molecule has 0 saturated carbocycles. The molecule has 2 unspecified atom stereocenters. The zero-order valence-corrected chi connectivity index (χ0v) is 19.2. The number of furan rings is 2. The Morgan fingerprint density at radius 3 is 1.50 bits per heavy atom. The fourth-order valence-corrected chi connectivity index (χ4v) is 4.06. The largest absolute Gasteiger partial charge is 0.489 e. The summed E-state index contributed by atoms with van der Waals surface area (Å²) < 4.78 is 24.4. The van der Waals surface area contributed by atoms with Gasteiger partial charge in [0.2, 0.25) is 0 Å². The van der Waals surface area contributed by atoms with Crippen molar-refractivity contribution in [2.75, 3.05) is 13.2 Å². The van der Waals surface area contributed by atoms with Crippen LogP contribution in [0.25, 0.3) is 21.9 Å². The van der Waals surface area contributed by atoms with Crippen molar-refractivity contribution in [3.8, 4) is 11.5 Å². The Morgan fingerprint density at radius 2 is 1.13 bits per heavy atom. The second kappa shape index (κ2) is 11.3. The van der Waals surface area contributed by atoms with Crippen molar-refractivity contribution in [1.82, 2.24) is 0 Å². The van der Waals surface area contributed by atoms with E-state index in [4.69, 9.17) is 18.3 Å². The van der Waals surface area contributed by atoms with Gasteiger partial charge in [-0.1, -0.05) is 66.2 Å². The topological polar surface area (TPSA) is 44.7 Å². The van der Waals surface area contributed by atoms with Gasteiger partial charge in [-0.25, -0.2) is 0 Å². The van der Waals surface area contributed by atoms with Crippen molar-refractivity contribution in [1.29, 1.82) is 0 Å². The summed E-state index contributed by atoms with van der Waals surface area (Å²) in [5, 5.41) is 1.86. The number of hydrogen-bond donors (Lipinski definition) is 0. The van der Waals surface area contributed by atoms with Crippen molar-refractivity contribution in [3.05, 3.63) is 24.7 Å². The molecule has 2 heterocycles. The quantitative estimate of drug-likeness (QED) is 0.266. The van der Waals surface area contributed by atoms with E-state index < -0.39 is 0 Å². The maximum absolute atomic E-state index is 6.34. The predicted molar refractivity (Wildman–Crippen MR) is 124 cm³/mol. The molecule has 0 N–H and O–H groups in total. The highest BCUT2D eigenvalue weighted by molar-refractivity contribution is 6.06. The van der Waals surface area contributed by atoms with Gasteiger partial charge in [-0.2, -0.15) is 0 Å². The molecule has 2 aromatic heterocycles. The molecule has 30 heavy (non-hydrogen) atoms. The number of benzene rings is 1. The number of fused-ring (bicyclic) bond motifs is 2. The lowest BCUT2D eigenvalue weighted by atomic mass is 10.0. The lowest BCUT2D eigenvalue weighted by Crippen LogP contribution is -2.12. The first-order chi connectivity index (χ1) is 14.7. The molecule has 3 rings (SSSR count). The van der Waals surface area contributed by atoms with Crippen LogP contribution in [0.1, 0.15) is 79.1 Å². The minimum atomic E-state index is 0.553. The monoisotopic (exact) mass is 414 g/mol. The third-order valence-electron chi connectivity index (χ3n) is 6.25. The predicted octanol–water partition coefficient (Wildman–Crippen LogP) is 8.37. The van der Waals surface area contributed by atoms with Gasteiger partial charge in [-0.05, 0) is 36.8 Å². The molecule has 0 fully saturated rings. The third kappa shape index (κ3) is 5.14. The number of rotatable bonds is 14. The van der Waals surface area contributed by atoms with Crippen molar-refractivity contribution < 1.29 is 18.3 Å². The van der Waals surface area contributed by atoms with E-state index in [0.29, 0.717) is 25.0 Å². The SMILES string of the molecule is CCCCC(CC)COc1c2ccoc2c(OCC(CC)CCCC)c2ccoc12. The highest BCUT2D eigenvalue weighted by Crippen LogP contribution is 2.44. The van der Waals surface area contributed by atoms with Crippen LogP contribution >= 0.6 is 0 Å². The maximum atomic E-state index is 6.34. The molecule has 0 aliphatic heterocycles. The van der Waals surface area contributed by atoms with Gasteiger partial charge in [0.05, 0.1) is 36.5 Å². The molecule has 166 valence electrons. The number of hydrogen-bond acceptors (Lipinski definition) is 4. The van der Waals surface area contributed by atoms with Gasteiger partial charge in [0.25, 0.3) is 0 Å². The van der Waals surface area contributed by atoms with E-state index in [1.165, 1.54) is 38.5 Å². The smallest absolute Gasteiger partial charge is 0.180 e. The van der Waals surface area contributed by atoms with Gasteiger partial charge in [0.1, 0.15) is 0 Å². The zero-order valence-electron chi connectivity index (χ0n) is 19.2. The Hall–Kier alpha value is -2.10. The molecule has 4 nitrogen and oxygen atoms in total. The molecule has 1 aromatic carbocycles. The van der Waals surface area contributed by atoms with Crippen LogP contribution in [0.2, 0.25) is 0 Å². The van der Waals surface area contributed by atoms with Crippen LogP contribution in [0.4, 0.5) is 0 Å². The molecule has 0 aliphatic carbocycles. The van der Waals surface area contributed by atoms with E-state index in [1.54, 1.807) is 12.5 Å². The van der Waals surface area contributed by atoms with Crippen LogP contribution in [-0.2, 0) is 0 Å². The normalized spacial score (nSPS) is 13.7. The van der Waals surface area contributed by atoms with E-state index in [1.807, 2.05) is 12.1 Å². The minimum absolute atomic E-state index is 0.553. The first-order valence-corrected chi connectivity index (χ1v) is 11.9. The average Bonchev–Trinajstić information content (AvgIpc) is 3.44. The summed E-state index contributed by atoms with van der Waals surface area (Å²) in [6.07, 6.45) is 13.0. The second-order valence-electron chi connectivity index (χ2n) is 8.44. The average molecular weight is 415 g/mol. The third-order valence-corrected chi connectivity index (χ3v) is 6.25. The summed E-state index contributed by atoms with van der Waals surface area (Å²) in [4.78, 5) is 0. The number of ether oxygens (including phenoxy) is 2. The van der Waals surface area contributed by atoms with Crippen molar-refractivity contribution in [2.24, 2.45) is 11.8 Å². The Balaban J connectivity index is 1.85. The highest BCUT2D eigenvalue weighted by Gasteiger charge is 2.22. The minimum Gasteiger partial charge on any atom is -0.489 e. The van der Waals surface area contributed by atoms with Crippen molar-refractivity contribution in [3.63, 3.8) is 0 Å². The molecule has 0 aliphatic rings. The van der Waals surface area contributed by atoms with E-state index in [-0.39, 0.29) is 0 Å². The summed E-state index contributed by atoms with van der Waals surface area (Å²) in [6, 6.07) is 3.92. The van der Waals surface area contributed by atoms with Crippen LogP contribution in [0.3, 0.4) is 0 Å².